The molecule has 2 heterocycles. The Balaban J connectivity index is 1.78. The van der Waals surface area contributed by atoms with Crippen LogP contribution in [0.2, 0.25) is 0 Å². The Morgan fingerprint density at radius 1 is 0.783 bits per heavy atom. The summed E-state index contributed by atoms with van der Waals surface area (Å²) >= 11 is 0. The lowest BCUT2D eigenvalue weighted by molar-refractivity contribution is 0.0546. The first-order chi connectivity index (χ1) is 11.4. The Kier molecular flexibility index (Phi) is 3.67. The molecule has 3 aromatic rings. The molecule has 2 aromatic carbocycles. The SMILES string of the molecule is c1ccc(-c2nnc(C3(c4ccccc4)CCOCC3)o2)cc1. The van der Waals surface area contributed by atoms with Gasteiger partial charge in [0, 0.05) is 18.8 Å². The topological polar surface area (TPSA) is 48.2 Å². The van der Waals surface area contributed by atoms with Crippen LogP contribution in [-0.4, -0.2) is 23.4 Å². The Bertz CT molecular complexity index is 762. The van der Waals surface area contributed by atoms with Gasteiger partial charge in [-0.15, -0.1) is 10.2 Å². The Morgan fingerprint density at radius 3 is 2.13 bits per heavy atom. The van der Waals surface area contributed by atoms with E-state index in [1.54, 1.807) is 0 Å². The van der Waals surface area contributed by atoms with Gasteiger partial charge in [-0.2, -0.15) is 0 Å². The molecule has 0 atom stereocenters. The smallest absolute Gasteiger partial charge is 0.247 e. The van der Waals surface area contributed by atoms with Gasteiger partial charge in [0.05, 0.1) is 5.41 Å². The summed E-state index contributed by atoms with van der Waals surface area (Å²) in [7, 11) is 0. The highest BCUT2D eigenvalue weighted by atomic mass is 16.5. The summed E-state index contributed by atoms with van der Waals surface area (Å²) in [5, 5.41) is 8.67. The first kappa shape index (κ1) is 14.2. The minimum Gasteiger partial charge on any atom is -0.420 e. The fourth-order valence-electron chi connectivity index (χ4n) is 3.22. The minimum atomic E-state index is -0.250. The molecule has 1 aliphatic heterocycles. The molecule has 1 saturated heterocycles. The second-order valence-electron chi connectivity index (χ2n) is 5.84. The maximum Gasteiger partial charge on any atom is 0.247 e. The second-order valence-corrected chi connectivity index (χ2v) is 5.84. The van der Waals surface area contributed by atoms with Crippen molar-refractivity contribution in [3.05, 3.63) is 72.1 Å². The molecule has 4 rings (SSSR count). The molecule has 1 fully saturated rings. The fourth-order valence-corrected chi connectivity index (χ4v) is 3.22. The number of nitrogens with zero attached hydrogens (tertiary/aromatic N) is 2. The first-order valence-electron chi connectivity index (χ1n) is 7.91. The van der Waals surface area contributed by atoms with E-state index in [2.05, 4.69) is 34.5 Å². The standard InChI is InChI=1S/C19H18N2O2/c1-3-7-15(8-4-1)17-20-21-18(23-17)19(11-13-22-14-12-19)16-9-5-2-6-10-16/h1-10H,11-14H2. The van der Waals surface area contributed by atoms with E-state index in [0.717, 1.165) is 18.4 Å². The summed E-state index contributed by atoms with van der Waals surface area (Å²) < 4.78 is 11.7. The molecule has 0 bridgehead atoms. The summed E-state index contributed by atoms with van der Waals surface area (Å²) in [4.78, 5) is 0. The van der Waals surface area contributed by atoms with Gasteiger partial charge in [0.1, 0.15) is 0 Å². The molecule has 0 N–H and O–H groups in total. The number of benzene rings is 2. The largest absolute Gasteiger partial charge is 0.420 e. The first-order valence-corrected chi connectivity index (χ1v) is 7.91. The van der Waals surface area contributed by atoms with Gasteiger partial charge >= 0.3 is 0 Å². The van der Waals surface area contributed by atoms with Crippen LogP contribution < -0.4 is 0 Å². The van der Waals surface area contributed by atoms with Crippen LogP contribution in [-0.2, 0) is 10.2 Å². The summed E-state index contributed by atoms with van der Waals surface area (Å²) in [5.74, 6) is 1.26. The zero-order valence-corrected chi connectivity index (χ0v) is 12.8. The van der Waals surface area contributed by atoms with Crippen molar-refractivity contribution in [1.82, 2.24) is 10.2 Å². The van der Waals surface area contributed by atoms with E-state index < -0.39 is 0 Å². The third-order valence-corrected chi connectivity index (χ3v) is 4.53. The van der Waals surface area contributed by atoms with Gasteiger partial charge in [-0.05, 0) is 30.5 Å². The van der Waals surface area contributed by atoms with Gasteiger partial charge in [0.25, 0.3) is 0 Å². The van der Waals surface area contributed by atoms with Crippen LogP contribution in [0.1, 0.15) is 24.3 Å². The zero-order valence-electron chi connectivity index (χ0n) is 12.8. The Hall–Kier alpha value is -2.46. The van der Waals surface area contributed by atoms with Crippen LogP contribution in [0, 0.1) is 0 Å². The molecule has 4 heteroatoms. The van der Waals surface area contributed by atoms with E-state index in [4.69, 9.17) is 9.15 Å². The molecule has 0 amide bonds. The van der Waals surface area contributed by atoms with Crippen molar-refractivity contribution in [3.8, 4) is 11.5 Å². The average Bonchev–Trinajstić information content (AvgIpc) is 3.14. The van der Waals surface area contributed by atoms with Gasteiger partial charge < -0.3 is 9.15 Å². The maximum atomic E-state index is 6.09. The van der Waals surface area contributed by atoms with E-state index in [0.29, 0.717) is 25.0 Å². The highest BCUT2D eigenvalue weighted by molar-refractivity contribution is 5.52. The fraction of sp³-hybridized carbons (Fsp3) is 0.263. The van der Waals surface area contributed by atoms with Gasteiger partial charge in [-0.1, -0.05) is 48.5 Å². The van der Waals surface area contributed by atoms with Crippen molar-refractivity contribution in [2.24, 2.45) is 0 Å². The summed E-state index contributed by atoms with van der Waals surface area (Å²) in [6.45, 7) is 1.41. The second kappa shape index (κ2) is 5.97. The third-order valence-electron chi connectivity index (χ3n) is 4.53. The van der Waals surface area contributed by atoms with E-state index >= 15 is 0 Å². The molecule has 0 saturated carbocycles. The lowest BCUT2D eigenvalue weighted by Gasteiger charge is -2.34. The molecular formula is C19H18N2O2. The number of aromatic nitrogens is 2. The van der Waals surface area contributed by atoms with Crippen LogP contribution >= 0.6 is 0 Å². The monoisotopic (exact) mass is 306 g/mol. The van der Waals surface area contributed by atoms with Crippen LogP contribution in [0.5, 0.6) is 0 Å². The maximum absolute atomic E-state index is 6.09. The highest BCUT2D eigenvalue weighted by Crippen LogP contribution is 2.41. The molecule has 116 valence electrons. The zero-order chi connectivity index (χ0) is 15.5. The van der Waals surface area contributed by atoms with Gasteiger partial charge in [-0.3, -0.25) is 0 Å². The third kappa shape index (κ3) is 2.55. The molecule has 0 unspecified atom stereocenters. The van der Waals surface area contributed by atoms with Crippen molar-refractivity contribution >= 4 is 0 Å². The Morgan fingerprint density at radius 2 is 1.43 bits per heavy atom. The van der Waals surface area contributed by atoms with Gasteiger partial charge in [0.15, 0.2) is 0 Å². The number of rotatable bonds is 3. The van der Waals surface area contributed by atoms with Crippen molar-refractivity contribution in [2.45, 2.75) is 18.3 Å². The van der Waals surface area contributed by atoms with Crippen molar-refractivity contribution < 1.29 is 9.15 Å². The summed E-state index contributed by atoms with van der Waals surface area (Å²) in [6.07, 6.45) is 1.71. The number of ether oxygens (including phenoxy) is 1. The quantitative estimate of drug-likeness (QED) is 0.738. The van der Waals surface area contributed by atoms with Crippen LogP contribution in [0.4, 0.5) is 0 Å². The summed E-state index contributed by atoms with van der Waals surface area (Å²) in [6, 6.07) is 20.3. The number of hydrogen-bond donors (Lipinski definition) is 0. The highest BCUT2D eigenvalue weighted by Gasteiger charge is 2.41. The molecule has 0 aliphatic carbocycles. The normalized spacial score (nSPS) is 17.0. The van der Waals surface area contributed by atoms with E-state index in [-0.39, 0.29) is 5.41 Å². The predicted octanol–water partition coefficient (Wildman–Crippen LogP) is 3.83. The molecule has 1 aliphatic rings. The molecule has 4 nitrogen and oxygen atoms in total. The molecule has 0 radical (unpaired) electrons. The van der Waals surface area contributed by atoms with Crippen LogP contribution in [0.3, 0.4) is 0 Å². The van der Waals surface area contributed by atoms with Crippen molar-refractivity contribution in [3.63, 3.8) is 0 Å². The van der Waals surface area contributed by atoms with Crippen molar-refractivity contribution in [1.29, 1.82) is 0 Å². The molecule has 23 heavy (non-hydrogen) atoms. The average molecular weight is 306 g/mol. The molecule has 1 aromatic heterocycles. The van der Waals surface area contributed by atoms with Crippen molar-refractivity contribution in [2.75, 3.05) is 13.2 Å². The molecule has 0 spiro atoms. The van der Waals surface area contributed by atoms with E-state index in [1.807, 2.05) is 36.4 Å². The van der Waals surface area contributed by atoms with Gasteiger partial charge in [0.2, 0.25) is 11.8 Å². The lowest BCUT2D eigenvalue weighted by Crippen LogP contribution is -2.35. The minimum absolute atomic E-state index is 0.250. The number of hydrogen-bond acceptors (Lipinski definition) is 4. The van der Waals surface area contributed by atoms with Gasteiger partial charge in [-0.25, -0.2) is 0 Å². The molecular weight excluding hydrogens is 288 g/mol. The van der Waals surface area contributed by atoms with Crippen LogP contribution in [0.25, 0.3) is 11.5 Å². The van der Waals surface area contributed by atoms with E-state index in [1.165, 1.54) is 5.56 Å². The van der Waals surface area contributed by atoms with E-state index in [9.17, 15) is 0 Å². The Labute approximate surface area is 135 Å². The lowest BCUT2D eigenvalue weighted by atomic mass is 9.74. The van der Waals surface area contributed by atoms with Crippen LogP contribution in [0.15, 0.2) is 65.1 Å². The predicted molar refractivity (Wildman–Crippen MR) is 87.0 cm³/mol. The summed E-state index contributed by atoms with van der Waals surface area (Å²) in [5.41, 5.74) is 1.91.